The molecule has 1 aromatic carbocycles. The number of para-hydroxylation sites is 2. The molecule has 2 fully saturated rings. The summed E-state index contributed by atoms with van der Waals surface area (Å²) in [4.78, 5) is 18.7. The first-order chi connectivity index (χ1) is 12.8. The van der Waals surface area contributed by atoms with Gasteiger partial charge in [-0.15, -0.1) is 11.3 Å². The van der Waals surface area contributed by atoms with Crippen molar-refractivity contribution in [2.75, 3.05) is 49.6 Å². The fourth-order valence-electron chi connectivity index (χ4n) is 3.85. The third-order valence-corrected chi connectivity index (χ3v) is 6.09. The molecule has 2 aromatic rings. The second-order valence-electron chi connectivity index (χ2n) is 6.81. The molecule has 138 valence electrons. The number of hydrogen-bond acceptors (Lipinski definition) is 5. The smallest absolute Gasteiger partial charge is 0.238 e. The molecule has 0 aliphatic carbocycles. The van der Waals surface area contributed by atoms with Crippen LogP contribution in [0.25, 0.3) is 0 Å². The monoisotopic (exact) mass is 371 g/mol. The van der Waals surface area contributed by atoms with Gasteiger partial charge in [-0.2, -0.15) is 0 Å². The van der Waals surface area contributed by atoms with E-state index in [2.05, 4.69) is 38.7 Å². The Morgan fingerprint density at radius 2 is 2.00 bits per heavy atom. The second kappa shape index (κ2) is 8.20. The summed E-state index contributed by atoms with van der Waals surface area (Å²) in [6, 6.07) is 12.7. The van der Waals surface area contributed by atoms with Crippen LogP contribution in [0.3, 0.4) is 0 Å². The van der Waals surface area contributed by atoms with E-state index in [1.165, 1.54) is 4.88 Å². The van der Waals surface area contributed by atoms with Crippen molar-refractivity contribution in [3.8, 4) is 0 Å². The molecule has 26 heavy (non-hydrogen) atoms. The Balaban J connectivity index is 1.42. The highest BCUT2D eigenvalue weighted by Crippen LogP contribution is 2.34. The summed E-state index contributed by atoms with van der Waals surface area (Å²) in [5.74, 6) is 0.0640. The third kappa shape index (κ3) is 3.92. The van der Waals surface area contributed by atoms with E-state index in [9.17, 15) is 4.79 Å². The van der Waals surface area contributed by atoms with Crippen molar-refractivity contribution in [1.82, 2.24) is 4.90 Å². The van der Waals surface area contributed by atoms with Gasteiger partial charge in [0.05, 0.1) is 31.1 Å². The molecule has 0 radical (unpaired) electrons. The number of anilines is 2. The number of morpholine rings is 1. The Kier molecular flexibility index (Phi) is 5.53. The van der Waals surface area contributed by atoms with Crippen molar-refractivity contribution in [3.63, 3.8) is 0 Å². The van der Waals surface area contributed by atoms with Gasteiger partial charge in [-0.3, -0.25) is 9.69 Å². The molecule has 1 atom stereocenters. The first kappa shape index (κ1) is 17.5. The van der Waals surface area contributed by atoms with Crippen LogP contribution in [0.2, 0.25) is 0 Å². The number of likely N-dealkylation sites (tertiary alicyclic amines) is 1. The van der Waals surface area contributed by atoms with E-state index in [1.54, 1.807) is 11.3 Å². The van der Waals surface area contributed by atoms with Crippen molar-refractivity contribution < 1.29 is 9.53 Å². The van der Waals surface area contributed by atoms with Crippen LogP contribution >= 0.6 is 11.3 Å². The van der Waals surface area contributed by atoms with Crippen molar-refractivity contribution in [3.05, 3.63) is 46.7 Å². The zero-order valence-corrected chi connectivity index (χ0v) is 15.7. The summed E-state index contributed by atoms with van der Waals surface area (Å²) in [7, 11) is 0. The lowest BCUT2D eigenvalue weighted by molar-refractivity contribution is -0.117. The molecular formula is C20H25N3O2S. The minimum Gasteiger partial charge on any atom is -0.378 e. The van der Waals surface area contributed by atoms with Crippen LogP contribution in [0.15, 0.2) is 41.8 Å². The summed E-state index contributed by atoms with van der Waals surface area (Å²) in [6.07, 6.45) is 2.29. The molecule has 4 rings (SSSR count). The van der Waals surface area contributed by atoms with Gasteiger partial charge >= 0.3 is 0 Å². The maximum atomic E-state index is 12.7. The van der Waals surface area contributed by atoms with Gasteiger partial charge in [0.1, 0.15) is 0 Å². The Hall–Kier alpha value is -1.89. The van der Waals surface area contributed by atoms with Gasteiger partial charge < -0.3 is 15.0 Å². The number of nitrogens with zero attached hydrogens (tertiary/aromatic N) is 2. The molecule has 1 amide bonds. The number of benzene rings is 1. The number of nitrogens with one attached hydrogen (secondary N) is 1. The molecule has 0 spiro atoms. The van der Waals surface area contributed by atoms with Gasteiger partial charge in [-0.1, -0.05) is 18.2 Å². The number of hydrogen-bond donors (Lipinski definition) is 1. The average molecular weight is 372 g/mol. The highest BCUT2D eigenvalue weighted by Gasteiger charge is 2.28. The number of ether oxygens (including phenoxy) is 1. The summed E-state index contributed by atoms with van der Waals surface area (Å²) >= 11 is 1.78. The van der Waals surface area contributed by atoms with E-state index in [-0.39, 0.29) is 5.91 Å². The lowest BCUT2D eigenvalue weighted by Crippen LogP contribution is -2.37. The zero-order chi connectivity index (χ0) is 17.8. The molecular weight excluding hydrogens is 346 g/mol. The molecule has 1 N–H and O–H groups in total. The fraction of sp³-hybridized carbons (Fsp3) is 0.450. The number of rotatable bonds is 5. The van der Waals surface area contributed by atoms with Gasteiger partial charge in [0.25, 0.3) is 0 Å². The van der Waals surface area contributed by atoms with Crippen LogP contribution in [0.5, 0.6) is 0 Å². The Labute approximate surface area is 158 Å². The molecule has 5 nitrogen and oxygen atoms in total. The SMILES string of the molecule is O=C(CN1CCC[C@@H]1c1cccs1)Nc1ccccc1N1CCOCC1. The van der Waals surface area contributed by atoms with Gasteiger partial charge in [0.2, 0.25) is 5.91 Å². The maximum absolute atomic E-state index is 12.7. The van der Waals surface area contributed by atoms with E-state index in [1.807, 2.05) is 18.2 Å². The van der Waals surface area contributed by atoms with Crippen LogP contribution < -0.4 is 10.2 Å². The molecule has 0 bridgehead atoms. The highest BCUT2D eigenvalue weighted by molar-refractivity contribution is 7.10. The van der Waals surface area contributed by atoms with Crippen LogP contribution in [-0.4, -0.2) is 50.2 Å². The van der Waals surface area contributed by atoms with Gasteiger partial charge in [-0.25, -0.2) is 0 Å². The first-order valence-corrected chi connectivity index (χ1v) is 10.2. The van der Waals surface area contributed by atoms with E-state index in [4.69, 9.17) is 4.74 Å². The second-order valence-corrected chi connectivity index (χ2v) is 7.79. The third-order valence-electron chi connectivity index (χ3n) is 5.11. The largest absolute Gasteiger partial charge is 0.378 e. The fourth-order valence-corrected chi connectivity index (χ4v) is 4.75. The normalized spacial score (nSPS) is 21.1. The maximum Gasteiger partial charge on any atom is 0.238 e. The average Bonchev–Trinajstić information content (AvgIpc) is 3.34. The van der Waals surface area contributed by atoms with Crippen LogP contribution in [-0.2, 0) is 9.53 Å². The Bertz CT molecular complexity index is 728. The number of carbonyl (C=O) groups excluding carboxylic acids is 1. The lowest BCUT2D eigenvalue weighted by Gasteiger charge is -2.30. The molecule has 2 aliphatic rings. The molecule has 3 heterocycles. The number of thiophene rings is 1. The summed E-state index contributed by atoms with van der Waals surface area (Å²) in [6.45, 7) is 4.62. The molecule has 2 aliphatic heterocycles. The van der Waals surface area contributed by atoms with Crippen molar-refractivity contribution in [2.45, 2.75) is 18.9 Å². The predicted octanol–water partition coefficient (Wildman–Crippen LogP) is 3.36. The van der Waals surface area contributed by atoms with Gasteiger partial charge in [0.15, 0.2) is 0 Å². The molecule has 2 saturated heterocycles. The minimum absolute atomic E-state index is 0.0640. The van der Waals surface area contributed by atoms with Crippen LogP contribution in [0.1, 0.15) is 23.8 Å². The van der Waals surface area contributed by atoms with Crippen LogP contribution in [0.4, 0.5) is 11.4 Å². The van der Waals surface area contributed by atoms with Gasteiger partial charge in [0, 0.05) is 24.0 Å². The molecule has 0 unspecified atom stereocenters. The number of amides is 1. The van der Waals surface area contributed by atoms with Gasteiger partial charge in [-0.05, 0) is 43.0 Å². The first-order valence-electron chi connectivity index (χ1n) is 9.30. The molecule has 1 aromatic heterocycles. The summed E-state index contributed by atoms with van der Waals surface area (Å²) in [5.41, 5.74) is 1.98. The van der Waals surface area contributed by atoms with Crippen molar-refractivity contribution in [1.29, 1.82) is 0 Å². The Morgan fingerprint density at radius 3 is 2.81 bits per heavy atom. The minimum atomic E-state index is 0.0640. The number of carbonyl (C=O) groups is 1. The van der Waals surface area contributed by atoms with Crippen LogP contribution in [0, 0.1) is 0 Å². The summed E-state index contributed by atoms with van der Waals surface area (Å²) < 4.78 is 5.44. The van der Waals surface area contributed by atoms with E-state index in [0.29, 0.717) is 12.6 Å². The zero-order valence-electron chi connectivity index (χ0n) is 14.9. The molecule has 0 saturated carbocycles. The van der Waals surface area contributed by atoms with Crippen molar-refractivity contribution in [2.24, 2.45) is 0 Å². The van der Waals surface area contributed by atoms with Crippen molar-refractivity contribution >= 4 is 28.6 Å². The van der Waals surface area contributed by atoms with E-state index in [0.717, 1.165) is 57.1 Å². The molecule has 6 heteroatoms. The summed E-state index contributed by atoms with van der Waals surface area (Å²) in [5, 5.41) is 5.26. The quantitative estimate of drug-likeness (QED) is 0.875. The standard InChI is InChI=1S/C20H25N3O2S/c24-20(15-23-9-3-7-18(23)19-8-4-14-26-19)21-16-5-1-2-6-17(16)22-10-12-25-13-11-22/h1-2,4-6,8,14,18H,3,7,9-13,15H2,(H,21,24)/t18-/m1/s1. The lowest BCUT2D eigenvalue weighted by atomic mass is 10.2. The topological polar surface area (TPSA) is 44.8 Å². The predicted molar refractivity (Wildman–Crippen MR) is 106 cm³/mol. The van der Waals surface area contributed by atoms with E-state index < -0.39 is 0 Å². The Morgan fingerprint density at radius 1 is 1.15 bits per heavy atom. The highest BCUT2D eigenvalue weighted by atomic mass is 32.1. The van der Waals surface area contributed by atoms with E-state index >= 15 is 0 Å².